The number of carbonyl (C=O) groups excluding carboxylic acids is 1. The van der Waals surface area contributed by atoms with Crippen molar-refractivity contribution in [1.29, 1.82) is 0 Å². The molecule has 0 aromatic carbocycles. The maximum Gasteiger partial charge on any atom is 0.225 e. The fraction of sp³-hybridized carbons (Fsp3) is 0.933. The summed E-state index contributed by atoms with van der Waals surface area (Å²) in [6.07, 6.45) is 3.33. The average molecular weight is 268 g/mol. The van der Waals surface area contributed by atoms with E-state index in [1.165, 1.54) is 0 Å². The summed E-state index contributed by atoms with van der Waals surface area (Å²) in [5.41, 5.74) is 0. The van der Waals surface area contributed by atoms with Crippen LogP contribution in [0.25, 0.3) is 0 Å². The summed E-state index contributed by atoms with van der Waals surface area (Å²) in [4.78, 5) is 17.0. The van der Waals surface area contributed by atoms with Gasteiger partial charge in [-0.25, -0.2) is 0 Å². The monoisotopic (exact) mass is 268 g/mol. The lowest BCUT2D eigenvalue weighted by atomic mass is 9.99. The van der Waals surface area contributed by atoms with Crippen LogP contribution in [0.3, 0.4) is 0 Å². The Kier molecular flexibility index (Phi) is 5.22. The maximum absolute atomic E-state index is 12.5. The van der Waals surface area contributed by atoms with Gasteiger partial charge in [0.25, 0.3) is 0 Å². The summed E-state index contributed by atoms with van der Waals surface area (Å²) in [7, 11) is 2.16. The molecule has 0 saturated carbocycles. The highest BCUT2D eigenvalue weighted by molar-refractivity contribution is 5.78. The first-order valence-electron chi connectivity index (χ1n) is 7.64. The second kappa shape index (κ2) is 6.71. The summed E-state index contributed by atoms with van der Waals surface area (Å²) in [6.45, 7) is 8.81. The van der Waals surface area contributed by atoms with E-state index in [4.69, 9.17) is 4.74 Å². The zero-order chi connectivity index (χ0) is 13.8. The number of hydrogen-bond donors (Lipinski definition) is 0. The van der Waals surface area contributed by atoms with E-state index in [-0.39, 0.29) is 5.92 Å². The molecule has 0 N–H and O–H groups in total. The zero-order valence-electron chi connectivity index (χ0n) is 12.6. The van der Waals surface area contributed by atoms with E-state index < -0.39 is 0 Å². The van der Waals surface area contributed by atoms with Gasteiger partial charge in [0.1, 0.15) is 0 Å². The average Bonchev–Trinajstić information content (AvgIpc) is 2.89. The lowest BCUT2D eigenvalue weighted by Crippen LogP contribution is -2.49. The lowest BCUT2D eigenvalue weighted by Gasteiger charge is -2.39. The van der Waals surface area contributed by atoms with E-state index in [0.29, 0.717) is 17.9 Å². The minimum Gasteiger partial charge on any atom is -0.381 e. The number of likely N-dealkylation sites (tertiary alicyclic amines) is 1. The molecule has 2 rings (SSSR count). The van der Waals surface area contributed by atoms with E-state index in [0.717, 1.165) is 52.1 Å². The standard InChI is InChI=1S/C15H28N2O2/c1-12(2)15(18)17(10-13-6-9-19-11-13)14-4-7-16(3)8-5-14/h12-14H,4-11H2,1-3H3. The molecule has 2 aliphatic heterocycles. The summed E-state index contributed by atoms with van der Waals surface area (Å²) >= 11 is 0. The predicted octanol–water partition coefficient (Wildman–Crippen LogP) is 1.60. The van der Waals surface area contributed by atoms with E-state index in [1.807, 2.05) is 13.8 Å². The van der Waals surface area contributed by atoms with E-state index in [1.54, 1.807) is 0 Å². The van der Waals surface area contributed by atoms with Crippen LogP contribution in [0.15, 0.2) is 0 Å². The molecule has 0 aliphatic carbocycles. The highest BCUT2D eigenvalue weighted by Crippen LogP contribution is 2.22. The minimum atomic E-state index is 0.0991. The molecule has 0 aromatic rings. The molecular weight excluding hydrogens is 240 g/mol. The first-order chi connectivity index (χ1) is 9.08. The van der Waals surface area contributed by atoms with Gasteiger partial charge in [-0.1, -0.05) is 13.8 Å². The molecule has 0 radical (unpaired) electrons. The molecule has 2 saturated heterocycles. The Morgan fingerprint density at radius 3 is 2.53 bits per heavy atom. The molecule has 4 heteroatoms. The van der Waals surface area contributed by atoms with Crippen LogP contribution in [0, 0.1) is 11.8 Å². The molecule has 0 spiro atoms. The second-order valence-electron chi connectivity index (χ2n) is 6.41. The number of nitrogens with zero attached hydrogens (tertiary/aromatic N) is 2. The van der Waals surface area contributed by atoms with Crippen LogP contribution in [-0.2, 0) is 9.53 Å². The van der Waals surface area contributed by atoms with Gasteiger partial charge in [-0.15, -0.1) is 0 Å². The summed E-state index contributed by atoms with van der Waals surface area (Å²) in [5, 5.41) is 0. The molecule has 19 heavy (non-hydrogen) atoms. The Morgan fingerprint density at radius 1 is 1.32 bits per heavy atom. The van der Waals surface area contributed by atoms with E-state index in [9.17, 15) is 4.79 Å². The Morgan fingerprint density at radius 2 is 2.00 bits per heavy atom. The molecule has 0 aromatic heterocycles. The Balaban J connectivity index is 1.98. The van der Waals surface area contributed by atoms with E-state index >= 15 is 0 Å². The van der Waals surface area contributed by atoms with Crippen molar-refractivity contribution in [2.75, 3.05) is 39.9 Å². The fourth-order valence-corrected chi connectivity index (χ4v) is 3.06. The Bertz CT molecular complexity index is 293. The third-order valence-corrected chi connectivity index (χ3v) is 4.38. The van der Waals surface area contributed by atoms with Crippen LogP contribution in [0.5, 0.6) is 0 Å². The van der Waals surface area contributed by atoms with Gasteiger partial charge < -0.3 is 14.5 Å². The molecular formula is C15H28N2O2. The van der Waals surface area contributed by atoms with Crippen molar-refractivity contribution < 1.29 is 9.53 Å². The van der Waals surface area contributed by atoms with Crippen LogP contribution >= 0.6 is 0 Å². The summed E-state index contributed by atoms with van der Waals surface area (Å²) in [6, 6.07) is 0.437. The lowest BCUT2D eigenvalue weighted by molar-refractivity contribution is -0.138. The van der Waals surface area contributed by atoms with Crippen molar-refractivity contribution in [2.45, 2.75) is 39.2 Å². The van der Waals surface area contributed by atoms with Gasteiger partial charge in [-0.05, 0) is 39.4 Å². The number of carbonyl (C=O) groups is 1. The molecule has 2 heterocycles. The molecule has 4 nitrogen and oxygen atoms in total. The normalized spacial score (nSPS) is 26.0. The highest BCUT2D eigenvalue weighted by atomic mass is 16.5. The molecule has 1 amide bonds. The van der Waals surface area contributed by atoms with Gasteiger partial charge in [0, 0.05) is 31.0 Å². The molecule has 2 aliphatic rings. The quantitative estimate of drug-likeness (QED) is 0.776. The van der Waals surface area contributed by atoms with Crippen LogP contribution in [0.2, 0.25) is 0 Å². The van der Waals surface area contributed by atoms with Crippen LogP contribution in [-0.4, -0.2) is 61.6 Å². The SMILES string of the molecule is CC(C)C(=O)N(CC1CCOC1)C1CCN(C)CC1. The minimum absolute atomic E-state index is 0.0991. The van der Waals surface area contributed by atoms with Crippen molar-refractivity contribution >= 4 is 5.91 Å². The van der Waals surface area contributed by atoms with Gasteiger partial charge in [-0.3, -0.25) is 4.79 Å². The molecule has 1 unspecified atom stereocenters. The Labute approximate surface area is 117 Å². The van der Waals surface area contributed by atoms with Crippen molar-refractivity contribution in [3.05, 3.63) is 0 Å². The Hall–Kier alpha value is -0.610. The van der Waals surface area contributed by atoms with Crippen LogP contribution in [0.1, 0.15) is 33.1 Å². The van der Waals surface area contributed by atoms with Crippen molar-refractivity contribution in [3.63, 3.8) is 0 Å². The number of amides is 1. The number of rotatable bonds is 4. The number of hydrogen-bond acceptors (Lipinski definition) is 3. The van der Waals surface area contributed by atoms with Crippen molar-refractivity contribution in [1.82, 2.24) is 9.80 Å². The largest absolute Gasteiger partial charge is 0.381 e. The van der Waals surface area contributed by atoms with Gasteiger partial charge >= 0.3 is 0 Å². The topological polar surface area (TPSA) is 32.8 Å². The third-order valence-electron chi connectivity index (χ3n) is 4.38. The molecule has 2 fully saturated rings. The molecule has 110 valence electrons. The smallest absolute Gasteiger partial charge is 0.225 e. The maximum atomic E-state index is 12.5. The van der Waals surface area contributed by atoms with E-state index in [2.05, 4.69) is 16.8 Å². The van der Waals surface area contributed by atoms with Gasteiger partial charge in [-0.2, -0.15) is 0 Å². The van der Waals surface area contributed by atoms with Crippen LogP contribution in [0.4, 0.5) is 0 Å². The molecule has 0 bridgehead atoms. The number of ether oxygens (including phenoxy) is 1. The third kappa shape index (κ3) is 3.93. The van der Waals surface area contributed by atoms with Gasteiger partial charge in [0.2, 0.25) is 5.91 Å². The fourth-order valence-electron chi connectivity index (χ4n) is 3.06. The van der Waals surface area contributed by atoms with Gasteiger partial charge in [0.15, 0.2) is 0 Å². The van der Waals surface area contributed by atoms with Crippen molar-refractivity contribution in [3.8, 4) is 0 Å². The highest BCUT2D eigenvalue weighted by Gasteiger charge is 2.31. The van der Waals surface area contributed by atoms with Crippen molar-refractivity contribution in [2.24, 2.45) is 11.8 Å². The second-order valence-corrected chi connectivity index (χ2v) is 6.41. The first kappa shape index (κ1) is 14.8. The van der Waals surface area contributed by atoms with Crippen LogP contribution < -0.4 is 0 Å². The first-order valence-corrected chi connectivity index (χ1v) is 7.64. The number of piperidine rings is 1. The summed E-state index contributed by atoms with van der Waals surface area (Å²) in [5.74, 6) is 0.964. The predicted molar refractivity (Wildman–Crippen MR) is 76.0 cm³/mol. The van der Waals surface area contributed by atoms with Gasteiger partial charge in [0.05, 0.1) is 6.61 Å². The summed E-state index contributed by atoms with van der Waals surface area (Å²) < 4.78 is 5.46. The molecule has 1 atom stereocenters. The zero-order valence-corrected chi connectivity index (χ0v) is 12.6.